The molecule has 11 rings (SSSR count). The van der Waals surface area contributed by atoms with Gasteiger partial charge in [0.2, 0.25) is 0 Å². The summed E-state index contributed by atoms with van der Waals surface area (Å²) in [7, 11) is 0. The highest BCUT2D eigenvalue weighted by molar-refractivity contribution is 6.04. The molecule has 0 radical (unpaired) electrons. The Bertz CT molecular complexity index is 3040. The first-order valence-corrected chi connectivity index (χ1v) is 20.8. The number of benzene rings is 10. The van der Waals surface area contributed by atoms with E-state index < -0.39 is 5.41 Å². The van der Waals surface area contributed by atoms with E-state index in [9.17, 15) is 0 Å². The fourth-order valence-corrected chi connectivity index (χ4v) is 9.55. The summed E-state index contributed by atoms with van der Waals surface area (Å²) in [5.41, 5.74) is 17.9. The van der Waals surface area contributed by atoms with Crippen LogP contribution in [-0.2, 0) is 5.41 Å². The molecule has 0 heterocycles. The molecule has 0 saturated heterocycles. The first-order valence-electron chi connectivity index (χ1n) is 20.8. The first-order chi connectivity index (χ1) is 29.8. The Morgan fingerprint density at radius 2 is 0.700 bits per heavy atom. The lowest BCUT2D eigenvalue weighted by Crippen LogP contribution is -2.28. The van der Waals surface area contributed by atoms with Crippen molar-refractivity contribution < 1.29 is 0 Å². The zero-order chi connectivity index (χ0) is 39.9. The van der Waals surface area contributed by atoms with Gasteiger partial charge in [0.1, 0.15) is 0 Å². The summed E-state index contributed by atoms with van der Waals surface area (Å²) in [5.74, 6) is 0. The van der Waals surface area contributed by atoms with E-state index in [2.05, 4.69) is 254 Å². The van der Waals surface area contributed by atoms with E-state index in [1.54, 1.807) is 0 Å². The Kier molecular flexibility index (Phi) is 8.79. The molecule has 60 heavy (non-hydrogen) atoms. The van der Waals surface area contributed by atoms with E-state index in [4.69, 9.17) is 0 Å². The van der Waals surface area contributed by atoms with Crippen LogP contribution in [0.15, 0.2) is 249 Å². The smallest absolute Gasteiger partial charge is 0.0714 e. The number of fused-ring (bicyclic) bond motifs is 5. The molecule has 0 N–H and O–H groups in total. The molecule has 282 valence electrons. The zero-order valence-electron chi connectivity index (χ0n) is 33.1. The summed E-state index contributed by atoms with van der Waals surface area (Å²) in [6.07, 6.45) is 0. The van der Waals surface area contributed by atoms with Crippen LogP contribution in [0.4, 0.5) is 17.1 Å². The summed E-state index contributed by atoms with van der Waals surface area (Å²) < 4.78 is 0. The maximum Gasteiger partial charge on any atom is 0.0714 e. The van der Waals surface area contributed by atoms with Crippen LogP contribution in [0.3, 0.4) is 0 Å². The highest BCUT2D eigenvalue weighted by atomic mass is 15.1. The Balaban J connectivity index is 0.958. The minimum Gasteiger partial charge on any atom is -0.311 e. The van der Waals surface area contributed by atoms with Crippen molar-refractivity contribution in [1.29, 1.82) is 0 Å². The lowest BCUT2D eigenvalue weighted by Gasteiger charge is -2.34. The largest absolute Gasteiger partial charge is 0.311 e. The Labute approximate surface area is 352 Å². The van der Waals surface area contributed by atoms with Crippen LogP contribution < -0.4 is 4.90 Å². The number of anilines is 3. The first kappa shape index (κ1) is 35.4. The van der Waals surface area contributed by atoms with E-state index in [0.717, 1.165) is 17.1 Å². The second-order valence-corrected chi connectivity index (χ2v) is 15.7. The Morgan fingerprint density at radius 3 is 1.27 bits per heavy atom. The number of rotatable bonds is 8. The third-order valence-corrected chi connectivity index (χ3v) is 12.4. The van der Waals surface area contributed by atoms with Gasteiger partial charge in [0, 0.05) is 17.1 Å². The SMILES string of the molecule is c1ccc(-c2ccc(N(c3ccccc3)c3ccc(-c4ccc(-c5ccc6c(c5)C(c5ccccc5)(c5ccccc5)c5ccc7ccccc7c5-6)cc4)cc3)cc2)cc1. The Morgan fingerprint density at radius 1 is 0.283 bits per heavy atom. The van der Waals surface area contributed by atoms with Crippen molar-refractivity contribution in [2.75, 3.05) is 4.90 Å². The van der Waals surface area contributed by atoms with E-state index in [-0.39, 0.29) is 0 Å². The number of nitrogens with zero attached hydrogens (tertiary/aromatic N) is 1. The van der Waals surface area contributed by atoms with Crippen molar-refractivity contribution in [2.45, 2.75) is 5.41 Å². The summed E-state index contributed by atoms with van der Waals surface area (Å²) >= 11 is 0. The van der Waals surface area contributed by atoms with E-state index in [1.807, 2.05) is 0 Å². The summed E-state index contributed by atoms with van der Waals surface area (Å²) in [5, 5.41) is 2.55. The second-order valence-electron chi connectivity index (χ2n) is 15.7. The lowest BCUT2D eigenvalue weighted by atomic mass is 9.67. The van der Waals surface area contributed by atoms with Crippen molar-refractivity contribution in [3.63, 3.8) is 0 Å². The van der Waals surface area contributed by atoms with Crippen molar-refractivity contribution in [3.05, 3.63) is 271 Å². The van der Waals surface area contributed by atoms with Gasteiger partial charge in [0.15, 0.2) is 0 Å². The molecule has 0 unspecified atom stereocenters. The number of hydrogen-bond acceptors (Lipinski definition) is 1. The molecule has 1 nitrogen and oxygen atoms in total. The molecule has 10 aromatic rings. The standard InChI is InChI=1S/C59H41N/c1-5-15-42(16-6-1)44-29-35-52(36-30-44)60(51-22-11-4-12-23-51)53-37-31-45(32-38-53)43-25-27-46(28-26-43)48-33-39-55-57(41-48)59(49-18-7-2-8-19-49,50-20-9-3-10-21-50)56-40-34-47-17-13-14-24-54(47)58(55)56/h1-41H. The lowest BCUT2D eigenvalue weighted by molar-refractivity contribution is 0.769. The zero-order valence-corrected chi connectivity index (χ0v) is 33.1. The van der Waals surface area contributed by atoms with Crippen molar-refractivity contribution in [2.24, 2.45) is 0 Å². The normalized spacial score (nSPS) is 12.5. The predicted octanol–water partition coefficient (Wildman–Crippen LogP) is 15.7. The highest BCUT2D eigenvalue weighted by Gasteiger charge is 2.46. The third-order valence-electron chi connectivity index (χ3n) is 12.4. The summed E-state index contributed by atoms with van der Waals surface area (Å²) in [6.45, 7) is 0. The molecule has 0 bridgehead atoms. The summed E-state index contributed by atoms with van der Waals surface area (Å²) in [4.78, 5) is 2.32. The van der Waals surface area contributed by atoms with Gasteiger partial charge < -0.3 is 4.90 Å². The van der Waals surface area contributed by atoms with Crippen LogP contribution in [-0.4, -0.2) is 0 Å². The molecule has 0 atom stereocenters. The second kappa shape index (κ2) is 14.9. The van der Waals surface area contributed by atoms with Gasteiger partial charge in [0.25, 0.3) is 0 Å². The minimum absolute atomic E-state index is 0.466. The molecule has 1 heteroatoms. The molecular weight excluding hydrogens is 723 g/mol. The van der Waals surface area contributed by atoms with Gasteiger partial charge >= 0.3 is 0 Å². The van der Waals surface area contributed by atoms with Gasteiger partial charge in [-0.25, -0.2) is 0 Å². The monoisotopic (exact) mass is 763 g/mol. The molecule has 10 aromatic carbocycles. The van der Waals surface area contributed by atoms with Crippen molar-refractivity contribution in [3.8, 4) is 44.5 Å². The molecular formula is C59H41N. The molecule has 0 aromatic heterocycles. The quantitative estimate of drug-likeness (QED) is 0.149. The minimum atomic E-state index is -0.466. The van der Waals surface area contributed by atoms with Gasteiger partial charge in [0.05, 0.1) is 5.41 Å². The Hall–Kier alpha value is -7.74. The molecule has 0 fully saturated rings. The fourth-order valence-electron chi connectivity index (χ4n) is 9.55. The van der Waals surface area contributed by atoms with Gasteiger partial charge in [-0.15, -0.1) is 0 Å². The van der Waals surface area contributed by atoms with Gasteiger partial charge in [-0.05, 0) is 120 Å². The van der Waals surface area contributed by atoms with Crippen LogP contribution in [0, 0.1) is 0 Å². The average molecular weight is 764 g/mol. The molecule has 1 aliphatic carbocycles. The summed E-state index contributed by atoms with van der Waals surface area (Å²) in [6, 6.07) is 90.8. The third kappa shape index (κ3) is 5.94. The highest BCUT2D eigenvalue weighted by Crippen LogP contribution is 2.58. The fraction of sp³-hybridized carbons (Fsp3) is 0.0169. The van der Waals surface area contributed by atoms with Crippen LogP contribution in [0.5, 0.6) is 0 Å². The molecule has 0 amide bonds. The maximum atomic E-state index is 2.46. The van der Waals surface area contributed by atoms with Crippen molar-refractivity contribution in [1.82, 2.24) is 0 Å². The van der Waals surface area contributed by atoms with Crippen LogP contribution in [0.1, 0.15) is 22.3 Å². The van der Waals surface area contributed by atoms with E-state index in [1.165, 1.54) is 77.5 Å². The maximum absolute atomic E-state index is 2.46. The average Bonchev–Trinajstić information content (AvgIpc) is 3.64. The van der Waals surface area contributed by atoms with E-state index in [0.29, 0.717) is 0 Å². The van der Waals surface area contributed by atoms with Crippen molar-refractivity contribution >= 4 is 27.8 Å². The van der Waals surface area contributed by atoms with Gasteiger partial charge in [-0.3, -0.25) is 0 Å². The van der Waals surface area contributed by atoms with Crippen LogP contribution >= 0.6 is 0 Å². The van der Waals surface area contributed by atoms with Crippen LogP contribution in [0.25, 0.3) is 55.3 Å². The topological polar surface area (TPSA) is 3.24 Å². The number of para-hydroxylation sites is 1. The molecule has 0 aliphatic heterocycles. The van der Waals surface area contributed by atoms with E-state index >= 15 is 0 Å². The molecule has 1 aliphatic rings. The van der Waals surface area contributed by atoms with Gasteiger partial charge in [-0.2, -0.15) is 0 Å². The molecule has 0 spiro atoms. The predicted molar refractivity (Wildman–Crippen MR) is 252 cm³/mol. The van der Waals surface area contributed by atoms with Gasteiger partial charge in [-0.1, -0.05) is 206 Å². The molecule has 0 saturated carbocycles. The number of hydrogen-bond donors (Lipinski definition) is 0. The van der Waals surface area contributed by atoms with Crippen LogP contribution in [0.2, 0.25) is 0 Å².